The fourth-order valence-electron chi connectivity index (χ4n) is 3.11. The number of aryl methyl sites for hydroxylation is 1. The van der Waals surface area contributed by atoms with Gasteiger partial charge in [-0.05, 0) is 25.2 Å². The molecule has 19 heavy (non-hydrogen) atoms. The maximum Gasteiger partial charge on any atom is 0.134 e. The zero-order chi connectivity index (χ0) is 13.7. The molecule has 0 saturated heterocycles. The topological polar surface area (TPSA) is 37.8 Å². The first-order chi connectivity index (χ1) is 9.26. The van der Waals surface area contributed by atoms with E-state index in [0.29, 0.717) is 5.92 Å². The zero-order valence-electron chi connectivity index (χ0n) is 12.6. The molecule has 2 atom stereocenters. The van der Waals surface area contributed by atoms with E-state index in [0.717, 1.165) is 30.4 Å². The molecule has 2 rings (SSSR count). The molecule has 1 aromatic heterocycles. The van der Waals surface area contributed by atoms with Crippen molar-refractivity contribution in [2.75, 3.05) is 12.4 Å². The van der Waals surface area contributed by atoms with Crippen LogP contribution < -0.4 is 5.32 Å². The lowest BCUT2D eigenvalue weighted by atomic mass is 9.80. The number of aromatic nitrogens is 2. The van der Waals surface area contributed by atoms with E-state index >= 15 is 0 Å². The van der Waals surface area contributed by atoms with Crippen LogP contribution in [0, 0.1) is 5.92 Å². The van der Waals surface area contributed by atoms with Crippen LogP contribution in [0.2, 0.25) is 0 Å². The predicted molar refractivity (Wildman–Crippen MR) is 80.6 cm³/mol. The number of anilines is 1. The van der Waals surface area contributed by atoms with Crippen LogP contribution in [0.3, 0.4) is 0 Å². The Morgan fingerprint density at radius 2 is 2.11 bits per heavy atom. The van der Waals surface area contributed by atoms with E-state index in [1.54, 1.807) is 0 Å². The average Bonchev–Trinajstić information content (AvgIpc) is 2.47. The highest BCUT2D eigenvalue weighted by atomic mass is 15.0. The summed E-state index contributed by atoms with van der Waals surface area (Å²) in [7, 11) is 1.94. The Hall–Kier alpha value is -1.12. The van der Waals surface area contributed by atoms with E-state index in [1.807, 2.05) is 7.05 Å². The molecule has 2 unspecified atom stereocenters. The van der Waals surface area contributed by atoms with Gasteiger partial charge in [0.2, 0.25) is 0 Å². The minimum Gasteiger partial charge on any atom is -0.373 e. The Labute approximate surface area is 117 Å². The Bertz CT molecular complexity index is 403. The third kappa shape index (κ3) is 3.68. The molecule has 1 fully saturated rings. The van der Waals surface area contributed by atoms with Crippen LogP contribution in [0.15, 0.2) is 6.07 Å². The molecular weight excluding hydrogens is 234 g/mol. The van der Waals surface area contributed by atoms with E-state index in [-0.39, 0.29) is 0 Å². The molecule has 1 aromatic rings. The molecule has 3 heteroatoms. The fourth-order valence-corrected chi connectivity index (χ4v) is 3.11. The molecule has 1 heterocycles. The molecule has 0 bridgehead atoms. The summed E-state index contributed by atoms with van der Waals surface area (Å²) in [5.41, 5.74) is 1.19. The lowest BCUT2D eigenvalue weighted by Crippen LogP contribution is -2.17. The third-order valence-corrected chi connectivity index (χ3v) is 4.28. The quantitative estimate of drug-likeness (QED) is 0.865. The van der Waals surface area contributed by atoms with Crippen LogP contribution in [0.25, 0.3) is 0 Å². The van der Waals surface area contributed by atoms with Gasteiger partial charge in [0.25, 0.3) is 0 Å². The van der Waals surface area contributed by atoms with Crippen LogP contribution in [0.5, 0.6) is 0 Å². The van der Waals surface area contributed by atoms with Gasteiger partial charge in [0, 0.05) is 24.7 Å². The summed E-state index contributed by atoms with van der Waals surface area (Å²) in [6.07, 6.45) is 8.74. The molecule has 1 saturated carbocycles. The van der Waals surface area contributed by atoms with Gasteiger partial charge in [-0.3, -0.25) is 0 Å². The van der Waals surface area contributed by atoms with E-state index in [9.17, 15) is 0 Å². The standard InChI is InChI=1S/C16H27N3/c1-4-7-14-11-15(17-3)19-16(18-14)13-9-6-8-12(5-2)10-13/h11-13H,4-10H2,1-3H3,(H,17,18,19). The number of nitrogens with zero attached hydrogens (tertiary/aromatic N) is 2. The normalized spacial score (nSPS) is 23.3. The summed E-state index contributed by atoms with van der Waals surface area (Å²) in [6, 6.07) is 2.09. The van der Waals surface area contributed by atoms with Crippen molar-refractivity contribution in [2.45, 2.75) is 64.7 Å². The first kappa shape index (κ1) is 14.3. The summed E-state index contributed by atoms with van der Waals surface area (Å²) in [6.45, 7) is 4.51. The third-order valence-electron chi connectivity index (χ3n) is 4.28. The molecule has 3 nitrogen and oxygen atoms in total. The molecule has 0 aromatic carbocycles. The van der Waals surface area contributed by atoms with Gasteiger partial charge in [-0.2, -0.15) is 0 Å². The summed E-state index contributed by atoms with van der Waals surface area (Å²) in [4.78, 5) is 9.52. The maximum absolute atomic E-state index is 4.81. The van der Waals surface area contributed by atoms with Crippen LogP contribution in [0.1, 0.15) is 69.8 Å². The van der Waals surface area contributed by atoms with Crippen LogP contribution >= 0.6 is 0 Å². The van der Waals surface area contributed by atoms with Gasteiger partial charge in [0.05, 0.1) is 0 Å². The van der Waals surface area contributed by atoms with Gasteiger partial charge in [0.15, 0.2) is 0 Å². The van der Waals surface area contributed by atoms with E-state index in [1.165, 1.54) is 37.8 Å². The molecule has 0 amide bonds. The molecule has 0 spiro atoms. The average molecular weight is 261 g/mol. The Kier molecular flexibility index (Phi) is 5.17. The van der Waals surface area contributed by atoms with Crippen molar-refractivity contribution in [1.29, 1.82) is 0 Å². The van der Waals surface area contributed by atoms with Gasteiger partial charge in [0.1, 0.15) is 11.6 Å². The summed E-state index contributed by atoms with van der Waals surface area (Å²) >= 11 is 0. The Balaban J connectivity index is 2.19. The fraction of sp³-hybridized carbons (Fsp3) is 0.750. The molecule has 106 valence electrons. The Morgan fingerprint density at radius 3 is 2.79 bits per heavy atom. The van der Waals surface area contributed by atoms with Crippen molar-refractivity contribution in [3.05, 3.63) is 17.6 Å². The minimum atomic E-state index is 0.572. The maximum atomic E-state index is 4.81. The highest BCUT2D eigenvalue weighted by Gasteiger charge is 2.24. The van der Waals surface area contributed by atoms with Gasteiger partial charge >= 0.3 is 0 Å². The second-order valence-corrected chi connectivity index (χ2v) is 5.74. The second kappa shape index (κ2) is 6.88. The lowest BCUT2D eigenvalue weighted by Gasteiger charge is -2.27. The van der Waals surface area contributed by atoms with Crippen molar-refractivity contribution in [3.63, 3.8) is 0 Å². The van der Waals surface area contributed by atoms with Crippen LogP contribution in [-0.4, -0.2) is 17.0 Å². The number of hydrogen-bond donors (Lipinski definition) is 1. The van der Waals surface area contributed by atoms with Gasteiger partial charge in [-0.15, -0.1) is 0 Å². The van der Waals surface area contributed by atoms with Gasteiger partial charge in [-0.1, -0.05) is 39.5 Å². The van der Waals surface area contributed by atoms with Crippen molar-refractivity contribution in [2.24, 2.45) is 5.92 Å². The number of nitrogens with one attached hydrogen (secondary N) is 1. The van der Waals surface area contributed by atoms with Gasteiger partial charge in [-0.25, -0.2) is 9.97 Å². The van der Waals surface area contributed by atoms with Gasteiger partial charge < -0.3 is 5.32 Å². The second-order valence-electron chi connectivity index (χ2n) is 5.74. The number of rotatable bonds is 5. The molecule has 0 aliphatic heterocycles. The lowest BCUT2D eigenvalue weighted by molar-refractivity contribution is 0.307. The first-order valence-electron chi connectivity index (χ1n) is 7.82. The molecule has 1 N–H and O–H groups in total. The zero-order valence-corrected chi connectivity index (χ0v) is 12.6. The van der Waals surface area contributed by atoms with Crippen molar-refractivity contribution < 1.29 is 0 Å². The molecule has 1 aliphatic carbocycles. The highest BCUT2D eigenvalue weighted by molar-refractivity contribution is 5.35. The van der Waals surface area contributed by atoms with Crippen molar-refractivity contribution >= 4 is 5.82 Å². The monoisotopic (exact) mass is 261 g/mol. The summed E-state index contributed by atoms with van der Waals surface area (Å²) in [5, 5.41) is 3.18. The first-order valence-corrected chi connectivity index (χ1v) is 7.82. The van der Waals surface area contributed by atoms with Crippen molar-refractivity contribution in [1.82, 2.24) is 9.97 Å². The van der Waals surface area contributed by atoms with E-state index in [4.69, 9.17) is 9.97 Å². The largest absolute Gasteiger partial charge is 0.373 e. The molecule has 1 aliphatic rings. The summed E-state index contributed by atoms with van der Waals surface area (Å²) in [5.74, 6) is 3.50. The summed E-state index contributed by atoms with van der Waals surface area (Å²) < 4.78 is 0. The molecule has 0 radical (unpaired) electrons. The Morgan fingerprint density at radius 1 is 1.26 bits per heavy atom. The highest BCUT2D eigenvalue weighted by Crippen LogP contribution is 2.36. The SMILES string of the molecule is CCCc1cc(NC)nc(C2CCCC(CC)C2)n1. The minimum absolute atomic E-state index is 0.572. The molecular formula is C16H27N3. The van der Waals surface area contributed by atoms with E-state index < -0.39 is 0 Å². The van der Waals surface area contributed by atoms with Crippen molar-refractivity contribution in [3.8, 4) is 0 Å². The predicted octanol–water partition coefficient (Wildman–Crippen LogP) is 4.15. The van der Waals surface area contributed by atoms with E-state index in [2.05, 4.69) is 25.2 Å². The van der Waals surface area contributed by atoms with Crippen LogP contribution in [0.4, 0.5) is 5.82 Å². The number of hydrogen-bond acceptors (Lipinski definition) is 3. The van der Waals surface area contributed by atoms with Crippen LogP contribution in [-0.2, 0) is 6.42 Å². The smallest absolute Gasteiger partial charge is 0.134 e.